The van der Waals surface area contributed by atoms with Crippen LogP contribution in [0.5, 0.6) is 11.5 Å². The van der Waals surface area contributed by atoms with Crippen LogP contribution in [0, 0.1) is 0 Å². The van der Waals surface area contributed by atoms with Crippen molar-refractivity contribution >= 4 is 34.1 Å². The smallest absolute Gasteiger partial charge is 0.274 e. The average molecular weight is 500 g/mol. The summed E-state index contributed by atoms with van der Waals surface area (Å²) < 4.78 is 11.0. The van der Waals surface area contributed by atoms with E-state index in [-0.39, 0.29) is 5.91 Å². The summed E-state index contributed by atoms with van der Waals surface area (Å²) in [7, 11) is 3.29. The second-order valence-electron chi connectivity index (χ2n) is 8.59. The van der Waals surface area contributed by atoms with Gasteiger partial charge in [0.2, 0.25) is 0 Å². The average Bonchev–Trinajstić information content (AvgIpc) is 3.37. The van der Waals surface area contributed by atoms with Crippen LogP contribution in [0.3, 0.4) is 0 Å². The molecule has 7 heteroatoms. The van der Waals surface area contributed by atoms with E-state index in [1.165, 1.54) is 5.01 Å². The van der Waals surface area contributed by atoms with E-state index in [0.717, 1.165) is 51.2 Å². The molecular formula is C29H26ClN3O3. The maximum atomic E-state index is 13.6. The quantitative estimate of drug-likeness (QED) is 0.286. The van der Waals surface area contributed by atoms with Crippen LogP contribution in [0.2, 0.25) is 5.15 Å². The molecule has 1 aliphatic heterocycles. The van der Waals surface area contributed by atoms with E-state index in [2.05, 4.69) is 11.9 Å². The monoisotopic (exact) mass is 499 g/mol. The summed E-state index contributed by atoms with van der Waals surface area (Å²) in [5, 5.41) is 7.56. The largest absolute Gasteiger partial charge is 0.497 e. The lowest BCUT2D eigenvalue weighted by atomic mass is 9.97. The summed E-state index contributed by atoms with van der Waals surface area (Å²) in [6, 6.07) is 22.4. The SMILES string of the molecule is CCc1ccc(C2=NN(C(=O)c3ccccc3)C(c3cc4cc(OC)ccc4nc3Cl)C2)cc1OC. The van der Waals surface area contributed by atoms with Gasteiger partial charge in [0, 0.05) is 28.5 Å². The Labute approximate surface area is 215 Å². The minimum Gasteiger partial charge on any atom is -0.497 e. The molecule has 0 aliphatic carbocycles. The number of ether oxygens (including phenoxy) is 2. The van der Waals surface area contributed by atoms with Crippen molar-refractivity contribution in [1.82, 2.24) is 9.99 Å². The van der Waals surface area contributed by atoms with Gasteiger partial charge in [-0.2, -0.15) is 5.10 Å². The van der Waals surface area contributed by atoms with Crippen LogP contribution in [-0.2, 0) is 6.42 Å². The number of carbonyl (C=O) groups is 1. The highest BCUT2D eigenvalue weighted by Gasteiger charge is 2.35. The Kier molecular flexibility index (Phi) is 6.61. The number of amides is 1. The van der Waals surface area contributed by atoms with E-state index >= 15 is 0 Å². The summed E-state index contributed by atoms with van der Waals surface area (Å²) in [4.78, 5) is 18.2. The fourth-order valence-corrected chi connectivity index (χ4v) is 4.82. The first-order valence-electron chi connectivity index (χ1n) is 11.8. The molecule has 5 rings (SSSR count). The number of halogens is 1. The van der Waals surface area contributed by atoms with Gasteiger partial charge in [0.05, 0.1) is 31.5 Å². The van der Waals surface area contributed by atoms with Gasteiger partial charge in [0.1, 0.15) is 16.7 Å². The van der Waals surface area contributed by atoms with Gasteiger partial charge in [-0.15, -0.1) is 0 Å². The van der Waals surface area contributed by atoms with Crippen LogP contribution in [0.4, 0.5) is 0 Å². The number of hydrazone groups is 1. The Morgan fingerprint density at radius 3 is 2.56 bits per heavy atom. The molecule has 0 radical (unpaired) electrons. The van der Waals surface area contributed by atoms with Crippen molar-refractivity contribution in [3.63, 3.8) is 0 Å². The maximum absolute atomic E-state index is 13.6. The van der Waals surface area contributed by atoms with Crippen LogP contribution in [0.1, 0.15) is 46.4 Å². The standard InChI is InChI=1S/C29H26ClN3O3/c1-4-18-10-11-20(16-27(18)36-3)25-17-26(33(32-25)29(34)19-8-6-5-7-9-19)23-15-21-14-22(35-2)12-13-24(21)31-28(23)30/h5-16,26H,4,17H2,1-3H3. The first-order valence-corrected chi connectivity index (χ1v) is 12.2. The van der Waals surface area contributed by atoms with E-state index in [1.54, 1.807) is 26.4 Å². The van der Waals surface area contributed by atoms with Gasteiger partial charge in [-0.25, -0.2) is 9.99 Å². The van der Waals surface area contributed by atoms with Crippen LogP contribution in [-0.4, -0.2) is 35.8 Å². The van der Waals surface area contributed by atoms with E-state index in [1.807, 2.05) is 60.7 Å². The van der Waals surface area contributed by atoms with Crippen molar-refractivity contribution in [2.75, 3.05) is 14.2 Å². The van der Waals surface area contributed by atoms with Crippen molar-refractivity contribution in [1.29, 1.82) is 0 Å². The van der Waals surface area contributed by atoms with Crippen molar-refractivity contribution in [2.45, 2.75) is 25.8 Å². The summed E-state index contributed by atoms with van der Waals surface area (Å²) in [5.74, 6) is 1.33. The Morgan fingerprint density at radius 1 is 1.03 bits per heavy atom. The highest BCUT2D eigenvalue weighted by molar-refractivity contribution is 6.30. The van der Waals surface area contributed by atoms with Gasteiger partial charge in [0.15, 0.2) is 0 Å². The predicted octanol–water partition coefficient (Wildman–Crippen LogP) is 6.46. The number of pyridine rings is 1. The Bertz CT molecular complexity index is 1470. The van der Waals surface area contributed by atoms with Gasteiger partial charge in [-0.05, 0) is 54.4 Å². The third-order valence-electron chi connectivity index (χ3n) is 6.50. The molecule has 1 unspecified atom stereocenters. The number of aryl methyl sites for hydroxylation is 1. The molecule has 0 saturated carbocycles. The Balaban J connectivity index is 1.61. The molecule has 1 amide bonds. The molecule has 0 bridgehead atoms. The highest BCUT2D eigenvalue weighted by atomic mass is 35.5. The number of methoxy groups -OCH3 is 2. The van der Waals surface area contributed by atoms with Crippen molar-refractivity contribution in [2.24, 2.45) is 5.10 Å². The third kappa shape index (κ3) is 4.40. The van der Waals surface area contributed by atoms with E-state index < -0.39 is 6.04 Å². The van der Waals surface area contributed by atoms with Gasteiger partial charge in [-0.1, -0.05) is 48.9 Å². The minimum atomic E-state index is -0.417. The normalized spacial score (nSPS) is 15.2. The van der Waals surface area contributed by atoms with E-state index in [9.17, 15) is 4.79 Å². The first-order chi connectivity index (χ1) is 17.5. The summed E-state index contributed by atoms with van der Waals surface area (Å²) in [6.07, 6.45) is 1.35. The molecule has 1 aromatic heterocycles. The summed E-state index contributed by atoms with van der Waals surface area (Å²) in [6.45, 7) is 2.09. The number of hydrogen-bond donors (Lipinski definition) is 0. The molecule has 4 aromatic rings. The molecule has 36 heavy (non-hydrogen) atoms. The maximum Gasteiger partial charge on any atom is 0.274 e. The minimum absolute atomic E-state index is 0.199. The zero-order chi connectivity index (χ0) is 25.2. The van der Waals surface area contributed by atoms with Gasteiger partial charge >= 0.3 is 0 Å². The number of aromatic nitrogens is 1. The molecule has 1 aliphatic rings. The number of fused-ring (bicyclic) bond motifs is 1. The Hall–Kier alpha value is -3.90. The molecule has 1 atom stereocenters. The van der Waals surface area contributed by atoms with Crippen molar-refractivity contribution in [3.05, 3.63) is 100 Å². The molecule has 0 N–H and O–H groups in total. The number of benzene rings is 3. The third-order valence-corrected chi connectivity index (χ3v) is 6.80. The summed E-state index contributed by atoms with van der Waals surface area (Å²) in [5.41, 5.74) is 4.85. The van der Waals surface area contributed by atoms with Crippen molar-refractivity contribution < 1.29 is 14.3 Å². The molecule has 0 spiro atoms. The Morgan fingerprint density at radius 2 is 1.83 bits per heavy atom. The van der Waals surface area contributed by atoms with Crippen LogP contribution in [0.15, 0.2) is 77.9 Å². The lowest BCUT2D eigenvalue weighted by Crippen LogP contribution is -2.27. The van der Waals surface area contributed by atoms with Crippen LogP contribution >= 0.6 is 11.6 Å². The topological polar surface area (TPSA) is 64.0 Å². The number of rotatable bonds is 6. The van der Waals surface area contributed by atoms with Gasteiger partial charge in [0.25, 0.3) is 5.91 Å². The zero-order valence-corrected chi connectivity index (χ0v) is 21.1. The fourth-order valence-electron chi connectivity index (χ4n) is 4.55. The second kappa shape index (κ2) is 9.99. The number of hydrogen-bond acceptors (Lipinski definition) is 5. The summed E-state index contributed by atoms with van der Waals surface area (Å²) >= 11 is 6.70. The molecule has 0 fully saturated rings. The van der Waals surface area contributed by atoms with Gasteiger partial charge in [-0.3, -0.25) is 4.79 Å². The molecule has 0 saturated heterocycles. The van der Waals surface area contributed by atoms with E-state index in [4.69, 9.17) is 26.2 Å². The second-order valence-corrected chi connectivity index (χ2v) is 8.95. The zero-order valence-electron chi connectivity index (χ0n) is 20.4. The number of nitrogens with zero attached hydrogens (tertiary/aromatic N) is 3. The first kappa shape index (κ1) is 23.8. The van der Waals surface area contributed by atoms with Crippen LogP contribution < -0.4 is 9.47 Å². The fraction of sp³-hybridized carbons (Fsp3) is 0.207. The molecular weight excluding hydrogens is 474 g/mol. The molecule has 182 valence electrons. The molecule has 3 aromatic carbocycles. The van der Waals surface area contributed by atoms with E-state index in [0.29, 0.717) is 17.1 Å². The van der Waals surface area contributed by atoms with Crippen LogP contribution in [0.25, 0.3) is 10.9 Å². The lowest BCUT2D eigenvalue weighted by molar-refractivity contribution is 0.0711. The molecule has 6 nitrogen and oxygen atoms in total. The van der Waals surface area contributed by atoms with Crippen molar-refractivity contribution in [3.8, 4) is 11.5 Å². The highest BCUT2D eigenvalue weighted by Crippen LogP contribution is 2.39. The molecule has 2 heterocycles. The lowest BCUT2D eigenvalue weighted by Gasteiger charge is -2.23. The number of carbonyl (C=O) groups excluding carboxylic acids is 1. The van der Waals surface area contributed by atoms with Gasteiger partial charge < -0.3 is 9.47 Å². The predicted molar refractivity (Wildman–Crippen MR) is 142 cm³/mol.